The van der Waals surface area contributed by atoms with Crippen LogP contribution in [-0.4, -0.2) is 11.6 Å². The number of rotatable bonds is 2. The highest BCUT2D eigenvalue weighted by molar-refractivity contribution is 4.89. The van der Waals surface area contributed by atoms with E-state index in [0.29, 0.717) is 5.54 Å². The number of hydrogen-bond acceptors (Lipinski definition) is 1. The second-order valence-electron chi connectivity index (χ2n) is 5.95. The van der Waals surface area contributed by atoms with Crippen molar-refractivity contribution in [2.24, 2.45) is 0 Å². The van der Waals surface area contributed by atoms with Gasteiger partial charge in [0.25, 0.3) is 0 Å². The molecule has 0 amide bonds. The van der Waals surface area contributed by atoms with E-state index in [1.807, 2.05) is 0 Å². The summed E-state index contributed by atoms with van der Waals surface area (Å²) in [4.78, 5) is 0. The molecular weight excluding hydrogens is 182 g/mol. The molecule has 1 N–H and O–H groups in total. The summed E-state index contributed by atoms with van der Waals surface area (Å²) in [6.45, 7) is 2.47. The molecule has 0 aliphatic heterocycles. The number of nitrogens with one attached hydrogen (secondary N) is 1. The van der Waals surface area contributed by atoms with Crippen LogP contribution in [0.25, 0.3) is 0 Å². The van der Waals surface area contributed by atoms with Crippen molar-refractivity contribution < 1.29 is 0 Å². The van der Waals surface area contributed by atoms with E-state index in [9.17, 15) is 0 Å². The molecule has 0 aromatic rings. The van der Waals surface area contributed by atoms with Gasteiger partial charge in [0.15, 0.2) is 0 Å². The maximum absolute atomic E-state index is 3.97. The lowest BCUT2D eigenvalue weighted by molar-refractivity contribution is 0.240. The molecule has 0 atom stereocenters. The van der Waals surface area contributed by atoms with Crippen molar-refractivity contribution >= 4 is 0 Å². The molecule has 2 aliphatic rings. The molecule has 0 heterocycles. The Bertz CT molecular complexity index is 174. The summed E-state index contributed by atoms with van der Waals surface area (Å²) in [6.07, 6.45) is 15.8. The lowest BCUT2D eigenvalue weighted by atomic mass is 9.88. The van der Waals surface area contributed by atoms with E-state index in [4.69, 9.17) is 0 Å². The van der Waals surface area contributed by atoms with Crippen molar-refractivity contribution in [2.75, 3.05) is 0 Å². The third-order valence-corrected chi connectivity index (χ3v) is 4.36. The van der Waals surface area contributed by atoms with Crippen molar-refractivity contribution in [1.82, 2.24) is 5.32 Å². The van der Waals surface area contributed by atoms with E-state index in [-0.39, 0.29) is 0 Å². The Balaban J connectivity index is 1.83. The van der Waals surface area contributed by atoms with Crippen LogP contribution in [-0.2, 0) is 0 Å². The minimum atomic E-state index is 0.471. The summed E-state index contributed by atoms with van der Waals surface area (Å²) in [5.41, 5.74) is 0.471. The fourth-order valence-electron chi connectivity index (χ4n) is 3.39. The number of hydrogen-bond donors (Lipinski definition) is 1. The standard InChI is InChI=1S/C14H27N/c1-14(11-7-2-3-8-12-14)15-13-9-5-4-6-10-13/h13,15H,2-12H2,1H3. The summed E-state index contributed by atoms with van der Waals surface area (Å²) < 4.78 is 0. The zero-order valence-corrected chi connectivity index (χ0v) is 10.4. The van der Waals surface area contributed by atoms with Crippen molar-refractivity contribution in [3.8, 4) is 0 Å². The van der Waals surface area contributed by atoms with E-state index in [2.05, 4.69) is 12.2 Å². The van der Waals surface area contributed by atoms with Gasteiger partial charge in [-0.25, -0.2) is 0 Å². The predicted molar refractivity (Wildman–Crippen MR) is 66.1 cm³/mol. The second-order valence-corrected chi connectivity index (χ2v) is 5.95. The van der Waals surface area contributed by atoms with Crippen LogP contribution in [0, 0.1) is 0 Å². The molecule has 0 aromatic heterocycles. The van der Waals surface area contributed by atoms with Crippen molar-refractivity contribution in [2.45, 2.75) is 89.1 Å². The normalized spacial score (nSPS) is 28.6. The van der Waals surface area contributed by atoms with Gasteiger partial charge in [0, 0.05) is 11.6 Å². The monoisotopic (exact) mass is 209 g/mol. The van der Waals surface area contributed by atoms with Gasteiger partial charge in [-0.1, -0.05) is 44.9 Å². The maximum Gasteiger partial charge on any atom is 0.0155 e. The van der Waals surface area contributed by atoms with Crippen LogP contribution in [0.1, 0.15) is 77.6 Å². The first-order valence-electron chi connectivity index (χ1n) is 7.06. The molecule has 2 saturated carbocycles. The molecule has 15 heavy (non-hydrogen) atoms. The van der Waals surface area contributed by atoms with Crippen LogP contribution >= 0.6 is 0 Å². The van der Waals surface area contributed by atoms with E-state index >= 15 is 0 Å². The fraction of sp³-hybridized carbons (Fsp3) is 1.00. The second kappa shape index (κ2) is 5.34. The van der Waals surface area contributed by atoms with Gasteiger partial charge < -0.3 is 5.32 Å². The summed E-state index contributed by atoms with van der Waals surface area (Å²) in [6, 6.07) is 0.835. The van der Waals surface area contributed by atoms with Crippen molar-refractivity contribution in [3.05, 3.63) is 0 Å². The lowest BCUT2D eigenvalue weighted by Gasteiger charge is -2.36. The van der Waals surface area contributed by atoms with E-state index in [0.717, 1.165) is 6.04 Å². The molecule has 2 fully saturated rings. The average molecular weight is 209 g/mol. The lowest BCUT2D eigenvalue weighted by Crippen LogP contribution is -2.48. The molecule has 1 nitrogen and oxygen atoms in total. The summed E-state index contributed by atoms with van der Waals surface area (Å²) in [5, 5.41) is 3.97. The van der Waals surface area contributed by atoms with E-state index in [1.54, 1.807) is 0 Å². The molecule has 0 bridgehead atoms. The Morgan fingerprint density at radius 2 is 1.33 bits per heavy atom. The summed E-state index contributed by atoms with van der Waals surface area (Å²) >= 11 is 0. The fourth-order valence-corrected chi connectivity index (χ4v) is 3.39. The summed E-state index contributed by atoms with van der Waals surface area (Å²) in [5.74, 6) is 0. The topological polar surface area (TPSA) is 12.0 Å². The molecule has 0 radical (unpaired) electrons. The van der Waals surface area contributed by atoms with Crippen molar-refractivity contribution in [1.29, 1.82) is 0 Å². The van der Waals surface area contributed by atoms with Gasteiger partial charge in [0.2, 0.25) is 0 Å². The molecular formula is C14H27N. The van der Waals surface area contributed by atoms with Crippen LogP contribution in [0.3, 0.4) is 0 Å². The average Bonchev–Trinajstić information content (AvgIpc) is 2.45. The molecule has 0 spiro atoms. The van der Waals surface area contributed by atoms with Crippen LogP contribution in [0.15, 0.2) is 0 Å². The first-order chi connectivity index (χ1) is 7.29. The Hall–Kier alpha value is -0.0400. The largest absolute Gasteiger partial charge is 0.309 e. The zero-order chi connectivity index (χ0) is 10.6. The van der Waals surface area contributed by atoms with Gasteiger partial charge in [-0.05, 0) is 32.6 Å². The SMILES string of the molecule is CC1(NC2CCCCC2)CCCCCC1. The summed E-state index contributed by atoms with van der Waals surface area (Å²) in [7, 11) is 0. The molecule has 2 aliphatic carbocycles. The van der Waals surface area contributed by atoms with Gasteiger partial charge in [0.1, 0.15) is 0 Å². The Kier molecular flexibility index (Phi) is 4.07. The highest BCUT2D eigenvalue weighted by Gasteiger charge is 2.28. The van der Waals surface area contributed by atoms with Gasteiger partial charge in [-0.3, -0.25) is 0 Å². The van der Waals surface area contributed by atoms with E-state index < -0.39 is 0 Å². The molecule has 0 aromatic carbocycles. The van der Waals surface area contributed by atoms with Crippen LogP contribution in [0.5, 0.6) is 0 Å². The highest BCUT2D eigenvalue weighted by Crippen LogP contribution is 2.29. The Labute approximate surface area is 95.0 Å². The molecule has 2 rings (SSSR count). The first-order valence-corrected chi connectivity index (χ1v) is 7.06. The third-order valence-electron chi connectivity index (χ3n) is 4.36. The van der Waals surface area contributed by atoms with E-state index in [1.165, 1.54) is 70.6 Å². The van der Waals surface area contributed by atoms with Gasteiger partial charge in [0.05, 0.1) is 0 Å². The van der Waals surface area contributed by atoms with Crippen LogP contribution < -0.4 is 5.32 Å². The predicted octanol–water partition coefficient (Wildman–Crippen LogP) is 4.02. The molecule has 0 saturated heterocycles. The quantitative estimate of drug-likeness (QED) is 0.677. The van der Waals surface area contributed by atoms with Crippen LogP contribution in [0.2, 0.25) is 0 Å². The maximum atomic E-state index is 3.97. The van der Waals surface area contributed by atoms with Gasteiger partial charge >= 0.3 is 0 Å². The highest BCUT2D eigenvalue weighted by atomic mass is 15.0. The molecule has 1 heteroatoms. The first kappa shape index (κ1) is 11.4. The van der Waals surface area contributed by atoms with Gasteiger partial charge in [-0.15, -0.1) is 0 Å². The minimum Gasteiger partial charge on any atom is -0.309 e. The molecule has 0 unspecified atom stereocenters. The third kappa shape index (κ3) is 3.48. The zero-order valence-electron chi connectivity index (χ0n) is 10.4. The van der Waals surface area contributed by atoms with Crippen molar-refractivity contribution in [3.63, 3.8) is 0 Å². The smallest absolute Gasteiger partial charge is 0.0155 e. The minimum absolute atomic E-state index is 0.471. The molecule has 88 valence electrons. The Morgan fingerprint density at radius 3 is 1.93 bits per heavy atom. The Morgan fingerprint density at radius 1 is 0.800 bits per heavy atom. The van der Waals surface area contributed by atoms with Gasteiger partial charge in [-0.2, -0.15) is 0 Å². The van der Waals surface area contributed by atoms with Crippen LogP contribution in [0.4, 0.5) is 0 Å².